The molecule has 22 heavy (non-hydrogen) atoms. The summed E-state index contributed by atoms with van der Waals surface area (Å²) in [7, 11) is -4.42. The second-order valence-electron chi connectivity index (χ2n) is 6.09. The normalized spacial score (nSPS) is 13.4. The lowest BCUT2D eigenvalue weighted by Crippen LogP contribution is -2.26. The van der Waals surface area contributed by atoms with Crippen molar-refractivity contribution in [3.05, 3.63) is 0 Å². The highest BCUT2D eigenvalue weighted by atomic mass is 32.3. The zero-order valence-electron chi connectivity index (χ0n) is 14.1. The second-order valence-corrected chi connectivity index (χ2v) is 7.14. The molecular weight excluding hydrogens is 302 g/mol. The average Bonchev–Trinajstić information content (AvgIpc) is 2.42. The van der Waals surface area contributed by atoms with E-state index in [1.54, 1.807) is 0 Å². The molecule has 0 amide bonds. The molecule has 5 nitrogen and oxygen atoms in total. The summed E-state index contributed by atoms with van der Waals surface area (Å²) in [5.74, 6) is 0. The Morgan fingerprint density at radius 3 is 1.55 bits per heavy atom. The molecule has 0 heterocycles. The van der Waals surface area contributed by atoms with Crippen LogP contribution in [0.4, 0.5) is 0 Å². The number of hydrogen-bond donors (Lipinski definition) is 2. The molecule has 1 atom stereocenters. The summed E-state index contributed by atoms with van der Waals surface area (Å²) in [5, 5.41) is 0. The van der Waals surface area contributed by atoms with Gasteiger partial charge in [-0.05, 0) is 12.8 Å². The standard InChI is InChI=1S/C16H35NO4S/c1-2-3-4-5-6-7-8-9-10-11-12-13-14-15-16(17)21-22(18,19)20/h16H,2-15,17H2,1H3,(H,18,19,20). The summed E-state index contributed by atoms with van der Waals surface area (Å²) in [6.07, 6.45) is 15.9. The summed E-state index contributed by atoms with van der Waals surface area (Å²) in [5.41, 5.74) is 5.44. The molecule has 0 aromatic heterocycles. The fourth-order valence-corrected chi connectivity index (χ4v) is 2.98. The van der Waals surface area contributed by atoms with Crippen molar-refractivity contribution in [3.63, 3.8) is 0 Å². The van der Waals surface area contributed by atoms with Crippen LogP contribution in [-0.2, 0) is 14.6 Å². The fraction of sp³-hybridized carbons (Fsp3) is 1.00. The zero-order valence-corrected chi connectivity index (χ0v) is 15.0. The molecule has 6 heteroatoms. The van der Waals surface area contributed by atoms with Crippen LogP contribution in [0.1, 0.15) is 96.8 Å². The van der Waals surface area contributed by atoms with Crippen LogP contribution in [-0.4, -0.2) is 19.2 Å². The number of nitrogens with two attached hydrogens (primary N) is 1. The maximum atomic E-state index is 10.4. The fourth-order valence-electron chi connectivity index (χ4n) is 2.57. The molecule has 0 aromatic rings. The first kappa shape index (κ1) is 21.8. The first-order chi connectivity index (χ1) is 10.5. The van der Waals surface area contributed by atoms with Crippen LogP contribution in [0.2, 0.25) is 0 Å². The van der Waals surface area contributed by atoms with Crippen LogP contribution < -0.4 is 5.73 Å². The van der Waals surface area contributed by atoms with Crippen LogP contribution >= 0.6 is 0 Å². The van der Waals surface area contributed by atoms with Crippen molar-refractivity contribution in [2.45, 2.75) is 103 Å². The van der Waals surface area contributed by atoms with Gasteiger partial charge in [0.05, 0.1) is 0 Å². The predicted octanol–water partition coefficient (Wildman–Crippen LogP) is 4.57. The molecule has 0 saturated carbocycles. The Balaban J connectivity index is 3.17. The molecule has 0 radical (unpaired) electrons. The molecule has 0 spiro atoms. The third-order valence-corrected chi connectivity index (χ3v) is 4.33. The third kappa shape index (κ3) is 17.9. The molecule has 0 bridgehead atoms. The highest BCUT2D eigenvalue weighted by molar-refractivity contribution is 7.80. The van der Waals surface area contributed by atoms with Gasteiger partial charge in [-0.2, -0.15) is 8.42 Å². The number of hydrogen-bond acceptors (Lipinski definition) is 4. The largest absolute Gasteiger partial charge is 0.398 e. The van der Waals surface area contributed by atoms with E-state index in [1.165, 1.54) is 64.2 Å². The summed E-state index contributed by atoms with van der Waals surface area (Å²) in [4.78, 5) is 0. The van der Waals surface area contributed by atoms with E-state index in [0.717, 1.165) is 19.3 Å². The summed E-state index contributed by atoms with van der Waals surface area (Å²) >= 11 is 0. The lowest BCUT2D eigenvalue weighted by molar-refractivity contribution is 0.175. The van der Waals surface area contributed by atoms with Crippen molar-refractivity contribution < 1.29 is 17.2 Å². The quantitative estimate of drug-likeness (QED) is 0.244. The van der Waals surface area contributed by atoms with E-state index in [2.05, 4.69) is 11.1 Å². The Morgan fingerprint density at radius 1 is 0.818 bits per heavy atom. The second kappa shape index (κ2) is 14.4. The molecule has 0 fully saturated rings. The Morgan fingerprint density at radius 2 is 1.18 bits per heavy atom. The number of unbranched alkanes of at least 4 members (excludes halogenated alkanes) is 12. The minimum absolute atomic E-state index is 0.456. The van der Waals surface area contributed by atoms with Gasteiger partial charge in [0.15, 0.2) is 0 Å². The zero-order chi connectivity index (χ0) is 16.7. The minimum Gasteiger partial charge on any atom is -0.305 e. The van der Waals surface area contributed by atoms with Crippen LogP contribution in [0.15, 0.2) is 0 Å². The van der Waals surface area contributed by atoms with Crippen LogP contribution in [0, 0.1) is 0 Å². The lowest BCUT2D eigenvalue weighted by atomic mass is 10.0. The monoisotopic (exact) mass is 337 g/mol. The van der Waals surface area contributed by atoms with Gasteiger partial charge in [0, 0.05) is 0 Å². The van der Waals surface area contributed by atoms with Gasteiger partial charge >= 0.3 is 10.4 Å². The summed E-state index contributed by atoms with van der Waals surface area (Å²) in [6, 6.07) is 0. The molecule has 0 aromatic carbocycles. The van der Waals surface area contributed by atoms with E-state index < -0.39 is 16.6 Å². The molecule has 0 aliphatic carbocycles. The molecule has 3 N–H and O–H groups in total. The topological polar surface area (TPSA) is 89.6 Å². The van der Waals surface area contributed by atoms with E-state index >= 15 is 0 Å². The van der Waals surface area contributed by atoms with Crippen molar-refractivity contribution in [2.24, 2.45) is 5.73 Å². The van der Waals surface area contributed by atoms with Gasteiger partial charge in [0.1, 0.15) is 6.23 Å². The molecule has 0 aliphatic rings. The van der Waals surface area contributed by atoms with Gasteiger partial charge in [-0.3, -0.25) is 4.55 Å². The minimum atomic E-state index is -4.42. The SMILES string of the molecule is CCCCCCCCCCCCCCCC(N)OS(=O)(=O)O. The van der Waals surface area contributed by atoms with Gasteiger partial charge in [-0.15, -0.1) is 0 Å². The van der Waals surface area contributed by atoms with Gasteiger partial charge in [0.2, 0.25) is 0 Å². The van der Waals surface area contributed by atoms with E-state index in [-0.39, 0.29) is 0 Å². The number of rotatable bonds is 16. The van der Waals surface area contributed by atoms with Crippen molar-refractivity contribution >= 4 is 10.4 Å². The van der Waals surface area contributed by atoms with Gasteiger partial charge in [-0.1, -0.05) is 84.0 Å². The highest BCUT2D eigenvalue weighted by Gasteiger charge is 2.11. The molecular formula is C16H35NO4S. The third-order valence-electron chi connectivity index (χ3n) is 3.84. The Kier molecular flexibility index (Phi) is 14.3. The Labute approximate surface area is 137 Å². The van der Waals surface area contributed by atoms with Crippen LogP contribution in [0.5, 0.6) is 0 Å². The van der Waals surface area contributed by atoms with Gasteiger partial charge in [0.25, 0.3) is 0 Å². The lowest BCUT2D eigenvalue weighted by Gasteiger charge is -2.09. The molecule has 0 saturated heterocycles. The van der Waals surface area contributed by atoms with Gasteiger partial charge in [-0.25, -0.2) is 4.18 Å². The maximum Gasteiger partial charge on any atom is 0.398 e. The van der Waals surface area contributed by atoms with E-state index in [9.17, 15) is 8.42 Å². The van der Waals surface area contributed by atoms with Crippen molar-refractivity contribution in [3.8, 4) is 0 Å². The van der Waals surface area contributed by atoms with Crippen LogP contribution in [0.25, 0.3) is 0 Å². The molecule has 0 rings (SSSR count). The van der Waals surface area contributed by atoms with E-state index in [4.69, 9.17) is 10.3 Å². The van der Waals surface area contributed by atoms with Crippen molar-refractivity contribution in [1.29, 1.82) is 0 Å². The van der Waals surface area contributed by atoms with E-state index in [1.807, 2.05) is 0 Å². The van der Waals surface area contributed by atoms with E-state index in [0.29, 0.717) is 6.42 Å². The van der Waals surface area contributed by atoms with Gasteiger partial charge < -0.3 is 5.73 Å². The molecule has 0 aliphatic heterocycles. The average molecular weight is 338 g/mol. The first-order valence-corrected chi connectivity index (χ1v) is 10.2. The van der Waals surface area contributed by atoms with Crippen molar-refractivity contribution in [1.82, 2.24) is 0 Å². The highest BCUT2D eigenvalue weighted by Crippen LogP contribution is 2.13. The van der Waals surface area contributed by atoms with Crippen molar-refractivity contribution in [2.75, 3.05) is 0 Å². The molecule has 1 unspecified atom stereocenters. The Hall–Kier alpha value is -0.170. The first-order valence-electron chi connectivity index (χ1n) is 8.87. The Bertz CT molecular complexity index is 333. The van der Waals surface area contributed by atoms with Crippen LogP contribution in [0.3, 0.4) is 0 Å². The smallest absolute Gasteiger partial charge is 0.305 e. The summed E-state index contributed by atoms with van der Waals surface area (Å²) < 4.78 is 33.6. The summed E-state index contributed by atoms with van der Waals surface area (Å²) in [6.45, 7) is 2.25. The predicted molar refractivity (Wildman–Crippen MR) is 90.9 cm³/mol. The molecule has 134 valence electrons. The maximum absolute atomic E-state index is 10.4.